The Morgan fingerprint density at radius 1 is 1.11 bits per heavy atom. The van der Waals surface area contributed by atoms with Gasteiger partial charge in [0.05, 0.1) is 0 Å². The van der Waals surface area contributed by atoms with E-state index in [1.165, 1.54) is 11.3 Å². The van der Waals surface area contributed by atoms with Crippen molar-refractivity contribution < 1.29 is 4.79 Å². The van der Waals surface area contributed by atoms with E-state index >= 15 is 0 Å². The van der Waals surface area contributed by atoms with Gasteiger partial charge in [0, 0.05) is 64.0 Å². The normalized spacial score (nSPS) is 19.5. The highest BCUT2D eigenvalue weighted by Crippen LogP contribution is 2.21. The molecule has 160 valence electrons. The van der Waals surface area contributed by atoms with Gasteiger partial charge in [-0.25, -0.2) is 0 Å². The molecule has 1 aromatic carbocycles. The monoisotopic (exact) mass is 430 g/mol. The van der Waals surface area contributed by atoms with Crippen molar-refractivity contribution in [1.82, 2.24) is 9.80 Å². The zero-order valence-corrected chi connectivity index (χ0v) is 18.8. The third-order valence-corrected chi connectivity index (χ3v) is 6.02. The predicted molar refractivity (Wildman–Crippen MR) is 122 cm³/mol. The van der Waals surface area contributed by atoms with Crippen LogP contribution in [0.15, 0.2) is 24.3 Å². The number of piperidine rings is 1. The van der Waals surface area contributed by atoms with Gasteiger partial charge in [-0.3, -0.25) is 9.69 Å². The Labute approximate surface area is 182 Å². The molecule has 2 fully saturated rings. The van der Waals surface area contributed by atoms with Crippen molar-refractivity contribution in [3.63, 3.8) is 0 Å². The Bertz CT molecular complexity index is 598. The van der Waals surface area contributed by atoms with Gasteiger partial charge in [-0.2, -0.15) is 0 Å². The molecule has 0 bridgehead atoms. The first kappa shape index (κ1) is 25.0. The molecule has 5 nitrogen and oxygen atoms in total. The summed E-state index contributed by atoms with van der Waals surface area (Å²) in [5.74, 6) is 0.892. The summed E-state index contributed by atoms with van der Waals surface area (Å²) in [4.78, 5) is 19.4. The molecule has 0 radical (unpaired) electrons. The van der Waals surface area contributed by atoms with Gasteiger partial charge in [0.2, 0.25) is 5.91 Å². The lowest BCUT2D eigenvalue weighted by atomic mass is 9.91. The number of hydrogen-bond donors (Lipinski definition) is 1. The SMILES string of the molecule is Cc1cccc(N2CCN(CCC(=O)N3CCC(C(C)N)CC3)CC2)c1.Cl.Cl. The number of nitrogens with two attached hydrogens (primary N) is 1. The zero-order valence-electron chi connectivity index (χ0n) is 17.2. The fourth-order valence-corrected chi connectivity index (χ4v) is 4.14. The number of anilines is 1. The summed E-state index contributed by atoms with van der Waals surface area (Å²) in [5, 5.41) is 0. The van der Waals surface area contributed by atoms with Crippen LogP contribution in [0.5, 0.6) is 0 Å². The molecule has 0 saturated carbocycles. The van der Waals surface area contributed by atoms with Crippen LogP contribution in [0.25, 0.3) is 0 Å². The van der Waals surface area contributed by atoms with Crippen LogP contribution in [0.4, 0.5) is 5.69 Å². The maximum absolute atomic E-state index is 12.5. The zero-order chi connectivity index (χ0) is 18.5. The smallest absolute Gasteiger partial charge is 0.223 e. The molecule has 0 aromatic heterocycles. The van der Waals surface area contributed by atoms with Gasteiger partial charge in [-0.15, -0.1) is 24.8 Å². The Kier molecular flexibility index (Phi) is 10.6. The maximum atomic E-state index is 12.5. The van der Waals surface area contributed by atoms with E-state index in [4.69, 9.17) is 5.73 Å². The molecule has 1 unspecified atom stereocenters. The lowest BCUT2D eigenvalue weighted by molar-refractivity contribution is -0.133. The van der Waals surface area contributed by atoms with E-state index in [9.17, 15) is 4.79 Å². The Balaban J connectivity index is 0.00000196. The molecule has 3 rings (SSSR count). The fraction of sp³-hybridized carbons (Fsp3) is 0.667. The first-order valence-corrected chi connectivity index (χ1v) is 10.1. The average molecular weight is 431 g/mol. The molecule has 2 saturated heterocycles. The molecule has 0 spiro atoms. The van der Waals surface area contributed by atoms with E-state index in [0.717, 1.165) is 58.7 Å². The summed E-state index contributed by atoms with van der Waals surface area (Å²) in [6.45, 7) is 11.0. The molecule has 2 N–H and O–H groups in total. The molecule has 0 aliphatic carbocycles. The van der Waals surface area contributed by atoms with E-state index in [-0.39, 0.29) is 30.9 Å². The molecule has 28 heavy (non-hydrogen) atoms. The number of piperazine rings is 1. The number of rotatable bonds is 5. The second-order valence-corrected chi connectivity index (χ2v) is 8.00. The van der Waals surface area contributed by atoms with E-state index < -0.39 is 0 Å². The van der Waals surface area contributed by atoms with Crippen LogP contribution < -0.4 is 10.6 Å². The third-order valence-electron chi connectivity index (χ3n) is 6.02. The molecule has 1 atom stereocenters. The quantitative estimate of drug-likeness (QED) is 0.779. The largest absolute Gasteiger partial charge is 0.369 e. The molecule has 2 aliphatic heterocycles. The lowest BCUT2D eigenvalue weighted by Crippen LogP contribution is -2.48. The van der Waals surface area contributed by atoms with Crippen LogP contribution in [-0.4, -0.2) is 67.6 Å². The van der Waals surface area contributed by atoms with Crippen molar-refractivity contribution in [3.05, 3.63) is 29.8 Å². The van der Waals surface area contributed by atoms with Crippen LogP contribution in [0.1, 0.15) is 31.7 Å². The van der Waals surface area contributed by atoms with E-state index in [0.29, 0.717) is 18.2 Å². The van der Waals surface area contributed by atoms with Gasteiger partial charge in [-0.1, -0.05) is 12.1 Å². The van der Waals surface area contributed by atoms with Crippen LogP contribution in [0.3, 0.4) is 0 Å². The predicted octanol–water partition coefficient (Wildman–Crippen LogP) is 2.94. The standard InChI is InChI=1S/C21H34N4O.2ClH/c1-17-4-3-5-20(16-17)24-14-12-23(13-15-24)9-8-21(26)25-10-6-19(7-11-25)18(2)22;;/h3-5,16,18-19H,6-15,22H2,1-2H3;2*1H. The number of carbonyl (C=O) groups excluding carboxylic acids is 1. The molecular formula is C21H36Cl2N4O. The van der Waals surface area contributed by atoms with E-state index in [2.05, 4.69) is 47.9 Å². The minimum atomic E-state index is 0. The minimum absolute atomic E-state index is 0. The number of halogens is 2. The number of carbonyl (C=O) groups is 1. The highest BCUT2D eigenvalue weighted by Gasteiger charge is 2.25. The minimum Gasteiger partial charge on any atom is -0.369 e. The number of aryl methyl sites for hydroxylation is 1. The van der Waals surface area contributed by atoms with Crippen LogP contribution in [-0.2, 0) is 4.79 Å². The van der Waals surface area contributed by atoms with Crippen molar-refractivity contribution in [2.75, 3.05) is 50.7 Å². The number of nitrogens with zero attached hydrogens (tertiary/aromatic N) is 3. The van der Waals surface area contributed by atoms with Crippen LogP contribution >= 0.6 is 24.8 Å². The third kappa shape index (κ3) is 6.80. The number of hydrogen-bond acceptors (Lipinski definition) is 4. The summed E-state index contributed by atoms with van der Waals surface area (Å²) < 4.78 is 0. The van der Waals surface area contributed by atoms with Crippen molar-refractivity contribution >= 4 is 36.4 Å². The van der Waals surface area contributed by atoms with Gasteiger partial charge in [0.1, 0.15) is 0 Å². The van der Waals surface area contributed by atoms with E-state index in [1.807, 2.05) is 4.90 Å². The Morgan fingerprint density at radius 3 is 2.32 bits per heavy atom. The van der Waals surface area contributed by atoms with Gasteiger partial charge in [0.25, 0.3) is 0 Å². The maximum Gasteiger partial charge on any atom is 0.223 e. The molecule has 1 aromatic rings. The van der Waals surface area contributed by atoms with Crippen molar-refractivity contribution in [1.29, 1.82) is 0 Å². The topological polar surface area (TPSA) is 52.8 Å². The fourth-order valence-electron chi connectivity index (χ4n) is 4.14. The number of benzene rings is 1. The van der Waals surface area contributed by atoms with Gasteiger partial charge >= 0.3 is 0 Å². The van der Waals surface area contributed by atoms with Crippen molar-refractivity contribution in [2.24, 2.45) is 11.7 Å². The van der Waals surface area contributed by atoms with Crippen LogP contribution in [0.2, 0.25) is 0 Å². The summed E-state index contributed by atoms with van der Waals surface area (Å²) in [6, 6.07) is 8.97. The second kappa shape index (κ2) is 11.9. The molecule has 2 heterocycles. The Hall–Kier alpha value is -1.01. The van der Waals surface area contributed by atoms with Crippen molar-refractivity contribution in [2.45, 2.75) is 39.2 Å². The van der Waals surface area contributed by atoms with Crippen molar-refractivity contribution in [3.8, 4) is 0 Å². The lowest BCUT2D eigenvalue weighted by Gasteiger charge is -2.37. The highest BCUT2D eigenvalue weighted by atomic mass is 35.5. The molecular weight excluding hydrogens is 395 g/mol. The van der Waals surface area contributed by atoms with Gasteiger partial charge in [-0.05, 0) is 50.3 Å². The molecule has 2 aliphatic rings. The molecule has 7 heteroatoms. The van der Waals surface area contributed by atoms with Gasteiger partial charge < -0.3 is 15.5 Å². The number of likely N-dealkylation sites (tertiary alicyclic amines) is 1. The summed E-state index contributed by atoms with van der Waals surface area (Å²) in [7, 11) is 0. The van der Waals surface area contributed by atoms with Crippen LogP contribution in [0, 0.1) is 12.8 Å². The summed E-state index contributed by atoms with van der Waals surface area (Å²) in [6.07, 6.45) is 2.75. The molecule has 1 amide bonds. The first-order valence-electron chi connectivity index (χ1n) is 10.1. The average Bonchev–Trinajstić information content (AvgIpc) is 2.66. The first-order chi connectivity index (χ1) is 12.5. The Morgan fingerprint density at radius 2 is 1.75 bits per heavy atom. The summed E-state index contributed by atoms with van der Waals surface area (Å²) in [5.41, 5.74) is 8.62. The van der Waals surface area contributed by atoms with Gasteiger partial charge in [0.15, 0.2) is 0 Å². The number of amides is 1. The second-order valence-electron chi connectivity index (χ2n) is 8.00. The van der Waals surface area contributed by atoms with E-state index in [1.54, 1.807) is 0 Å². The highest BCUT2D eigenvalue weighted by molar-refractivity contribution is 5.85. The summed E-state index contributed by atoms with van der Waals surface area (Å²) >= 11 is 0.